The second-order valence-electron chi connectivity index (χ2n) is 7.03. The van der Waals surface area contributed by atoms with Gasteiger partial charge in [0.1, 0.15) is 11.5 Å². The van der Waals surface area contributed by atoms with Crippen molar-refractivity contribution in [1.29, 1.82) is 0 Å². The topological polar surface area (TPSA) is 37.6 Å². The minimum absolute atomic E-state index is 0.0127. The number of hydrogen-bond acceptors (Lipinski definition) is 3. The first-order chi connectivity index (χ1) is 12.2. The van der Waals surface area contributed by atoms with E-state index in [2.05, 4.69) is 36.1 Å². The first kappa shape index (κ1) is 15.9. The first-order valence-corrected chi connectivity index (χ1v) is 8.98. The van der Waals surface area contributed by atoms with E-state index in [1.807, 2.05) is 18.2 Å². The van der Waals surface area contributed by atoms with Gasteiger partial charge in [-0.2, -0.15) is 0 Å². The summed E-state index contributed by atoms with van der Waals surface area (Å²) < 4.78 is 1.59. The number of fused-ring (bicyclic) bond motifs is 1. The Hall–Kier alpha value is -2.62. The van der Waals surface area contributed by atoms with Crippen LogP contribution in [0.25, 0.3) is 5.65 Å². The number of aromatic nitrogens is 2. The Morgan fingerprint density at radius 1 is 1.16 bits per heavy atom. The van der Waals surface area contributed by atoms with E-state index in [4.69, 9.17) is 4.98 Å². The number of hydrogen-bond donors (Lipinski definition) is 0. The summed E-state index contributed by atoms with van der Waals surface area (Å²) in [4.78, 5) is 19.3. The van der Waals surface area contributed by atoms with Gasteiger partial charge in [-0.3, -0.25) is 9.20 Å². The van der Waals surface area contributed by atoms with Gasteiger partial charge in [-0.25, -0.2) is 4.98 Å². The number of nitrogens with zero attached hydrogens (tertiary/aromatic N) is 3. The van der Waals surface area contributed by atoms with Gasteiger partial charge in [0.2, 0.25) is 0 Å². The van der Waals surface area contributed by atoms with Crippen LogP contribution in [-0.2, 0) is 6.42 Å². The third kappa shape index (κ3) is 3.43. The molecule has 3 heterocycles. The van der Waals surface area contributed by atoms with Gasteiger partial charge in [-0.1, -0.05) is 35.9 Å². The van der Waals surface area contributed by atoms with Gasteiger partial charge in [-0.15, -0.1) is 0 Å². The standard InChI is InChI=1S/C21H23N3O/c1-16-7-9-17(10-8-16)13-18-5-4-11-23(15-18)20-14-21(25)24-12-3-2-6-19(24)22-20/h2-3,6-10,12,14,18H,4-5,11,13,15H2,1H3. The Morgan fingerprint density at radius 3 is 2.84 bits per heavy atom. The molecule has 0 N–H and O–H groups in total. The van der Waals surface area contributed by atoms with Crippen LogP contribution in [0.4, 0.5) is 5.82 Å². The van der Waals surface area contributed by atoms with Crippen LogP contribution in [0.15, 0.2) is 59.5 Å². The van der Waals surface area contributed by atoms with Crippen LogP contribution >= 0.6 is 0 Å². The highest BCUT2D eigenvalue weighted by Crippen LogP contribution is 2.24. The molecule has 0 aliphatic carbocycles. The Bertz CT molecular complexity index is 930. The van der Waals surface area contributed by atoms with Gasteiger partial charge >= 0.3 is 0 Å². The summed E-state index contributed by atoms with van der Waals surface area (Å²) in [6.07, 6.45) is 5.23. The Balaban J connectivity index is 1.55. The molecule has 1 aliphatic heterocycles. The lowest BCUT2D eigenvalue weighted by atomic mass is 9.91. The molecule has 128 valence electrons. The van der Waals surface area contributed by atoms with E-state index >= 15 is 0 Å². The summed E-state index contributed by atoms with van der Waals surface area (Å²) in [5.41, 5.74) is 3.39. The summed E-state index contributed by atoms with van der Waals surface area (Å²) in [7, 11) is 0. The largest absolute Gasteiger partial charge is 0.356 e. The van der Waals surface area contributed by atoms with E-state index in [0.29, 0.717) is 11.6 Å². The number of pyridine rings is 1. The number of aryl methyl sites for hydroxylation is 1. The highest BCUT2D eigenvalue weighted by atomic mass is 16.1. The van der Waals surface area contributed by atoms with E-state index in [1.165, 1.54) is 17.5 Å². The van der Waals surface area contributed by atoms with Gasteiger partial charge in [0.15, 0.2) is 0 Å². The zero-order valence-corrected chi connectivity index (χ0v) is 14.6. The molecule has 3 aromatic rings. The summed E-state index contributed by atoms with van der Waals surface area (Å²) >= 11 is 0. The molecule has 2 aromatic heterocycles. The van der Waals surface area contributed by atoms with Crippen molar-refractivity contribution < 1.29 is 0 Å². The van der Waals surface area contributed by atoms with E-state index in [-0.39, 0.29) is 5.56 Å². The van der Waals surface area contributed by atoms with Gasteiger partial charge in [0.25, 0.3) is 5.56 Å². The third-order valence-corrected chi connectivity index (χ3v) is 5.05. The predicted molar refractivity (Wildman–Crippen MR) is 101 cm³/mol. The predicted octanol–water partition coefficient (Wildman–Crippen LogP) is 3.46. The van der Waals surface area contributed by atoms with Crippen LogP contribution in [-0.4, -0.2) is 22.5 Å². The van der Waals surface area contributed by atoms with Crippen molar-refractivity contribution in [2.75, 3.05) is 18.0 Å². The summed E-state index contributed by atoms with van der Waals surface area (Å²) in [6.45, 7) is 4.05. The maximum Gasteiger partial charge on any atom is 0.259 e. The zero-order valence-electron chi connectivity index (χ0n) is 14.6. The molecule has 1 aromatic carbocycles. The number of benzene rings is 1. The van der Waals surface area contributed by atoms with Crippen LogP contribution in [0.5, 0.6) is 0 Å². The molecule has 0 saturated carbocycles. The minimum atomic E-state index is -0.0127. The number of anilines is 1. The molecule has 0 radical (unpaired) electrons. The molecule has 25 heavy (non-hydrogen) atoms. The average Bonchev–Trinajstić information content (AvgIpc) is 2.64. The molecule has 0 amide bonds. The van der Waals surface area contributed by atoms with Crippen molar-refractivity contribution in [1.82, 2.24) is 9.38 Å². The lowest BCUT2D eigenvalue weighted by Crippen LogP contribution is -2.37. The maximum absolute atomic E-state index is 12.3. The first-order valence-electron chi connectivity index (χ1n) is 8.98. The second kappa shape index (κ2) is 6.71. The molecule has 4 nitrogen and oxygen atoms in total. The van der Waals surface area contributed by atoms with Crippen molar-refractivity contribution in [3.05, 3.63) is 76.2 Å². The van der Waals surface area contributed by atoms with Crippen molar-refractivity contribution in [3.63, 3.8) is 0 Å². The van der Waals surface area contributed by atoms with Crippen LogP contribution in [0.2, 0.25) is 0 Å². The van der Waals surface area contributed by atoms with E-state index in [1.54, 1.807) is 16.7 Å². The molecule has 1 aliphatic rings. The smallest absolute Gasteiger partial charge is 0.259 e. The van der Waals surface area contributed by atoms with Crippen molar-refractivity contribution in [2.24, 2.45) is 5.92 Å². The van der Waals surface area contributed by atoms with Crippen LogP contribution in [0, 0.1) is 12.8 Å². The maximum atomic E-state index is 12.3. The highest BCUT2D eigenvalue weighted by molar-refractivity contribution is 5.48. The minimum Gasteiger partial charge on any atom is -0.356 e. The lowest BCUT2D eigenvalue weighted by Gasteiger charge is -2.33. The molecule has 1 unspecified atom stereocenters. The van der Waals surface area contributed by atoms with Crippen LogP contribution in [0.3, 0.4) is 0 Å². The number of rotatable bonds is 3. The quantitative estimate of drug-likeness (QED) is 0.737. The fourth-order valence-corrected chi connectivity index (χ4v) is 3.70. The van der Waals surface area contributed by atoms with Crippen molar-refractivity contribution in [3.8, 4) is 0 Å². The van der Waals surface area contributed by atoms with Gasteiger partial charge in [-0.05, 0) is 49.8 Å². The number of piperidine rings is 1. The SMILES string of the molecule is Cc1ccc(CC2CCCN(c3cc(=O)n4ccccc4n3)C2)cc1. The van der Waals surface area contributed by atoms with E-state index < -0.39 is 0 Å². The van der Waals surface area contributed by atoms with Crippen molar-refractivity contribution >= 4 is 11.5 Å². The monoisotopic (exact) mass is 333 g/mol. The van der Waals surface area contributed by atoms with E-state index in [0.717, 1.165) is 31.7 Å². The fourth-order valence-electron chi connectivity index (χ4n) is 3.70. The van der Waals surface area contributed by atoms with Crippen LogP contribution < -0.4 is 10.5 Å². The lowest BCUT2D eigenvalue weighted by molar-refractivity contribution is 0.411. The Morgan fingerprint density at radius 2 is 2.00 bits per heavy atom. The summed E-state index contributed by atoms with van der Waals surface area (Å²) in [6, 6.07) is 16.2. The molecule has 4 rings (SSSR count). The van der Waals surface area contributed by atoms with Crippen LogP contribution in [0.1, 0.15) is 24.0 Å². The zero-order chi connectivity index (χ0) is 17.2. The molecule has 0 bridgehead atoms. The third-order valence-electron chi connectivity index (χ3n) is 5.05. The van der Waals surface area contributed by atoms with E-state index in [9.17, 15) is 4.79 Å². The summed E-state index contributed by atoms with van der Waals surface area (Å²) in [5, 5.41) is 0. The normalized spacial score (nSPS) is 17.8. The Kier molecular flexibility index (Phi) is 4.26. The highest BCUT2D eigenvalue weighted by Gasteiger charge is 2.22. The molecule has 1 fully saturated rings. The fraction of sp³-hybridized carbons (Fsp3) is 0.333. The molecule has 1 atom stereocenters. The van der Waals surface area contributed by atoms with Gasteiger partial charge < -0.3 is 4.90 Å². The van der Waals surface area contributed by atoms with Gasteiger partial charge in [0, 0.05) is 25.4 Å². The summed E-state index contributed by atoms with van der Waals surface area (Å²) in [5.74, 6) is 1.41. The average molecular weight is 333 g/mol. The second-order valence-corrected chi connectivity index (χ2v) is 7.03. The molecular weight excluding hydrogens is 310 g/mol. The molecule has 4 heteroatoms. The molecular formula is C21H23N3O. The van der Waals surface area contributed by atoms with Crippen molar-refractivity contribution in [2.45, 2.75) is 26.2 Å². The van der Waals surface area contributed by atoms with Gasteiger partial charge in [0.05, 0.1) is 0 Å². The Labute approximate surface area is 147 Å². The molecule has 0 spiro atoms. The molecule has 1 saturated heterocycles.